The Morgan fingerprint density at radius 3 is 2.73 bits per heavy atom. The standard InChI is InChI=1S/C20H19N3O2S/c1-13-4-3-5-15(10-13)23-19(17-11-26-12-18(17)22-23)21-20(24)14-6-8-16(25-2)9-7-14/h3-10H,11-12H2,1-2H3,(H,21,24). The van der Waals surface area contributed by atoms with Crippen LogP contribution in [0.4, 0.5) is 5.82 Å². The van der Waals surface area contributed by atoms with Crippen molar-refractivity contribution < 1.29 is 9.53 Å². The fraction of sp³-hybridized carbons (Fsp3) is 0.200. The Morgan fingerprint density at radius 2 is 2.00 bits per heavy atom. The molecule has 0 bridgehead atoms. The van der Waals surface area contributed by atoms with E-state index in [-0.39, 0.29) is 5.91 Å². The number of hydrogen-bond acceptors (Lipinski definition) is 4. The van der Waals surface area contributed by atoms with Gasteiger partial charge in [0, 0.05) is 22.6 Å². The summed E-state index contributed by atoms with van der Waals surface area (Å²) >= 11 is 1.81. The van der Waals surface area contributed by atoms with Gasteiger partial charge in [-0.3, -0.25) is 4.79 Å². The number of hydrogen-bond donors (Lipinski definition) is 1. The number of aromatic nitrogens is 2. The smallest absolute Gasteiger partial charge is 0.256 e. The summed E-state index contributed by atoms with van der Waals surface area (Å²) < 4.78 is 7.00. The molecule has 4 rings (SSSR count). The third kappa shape index (κ3) is 3.08. The van der Waals surface area contributed by atoms with Gasteiger partial charge in [0.25, 0.3) is 5.91 Å². The van der Waals surface area contributed by atoms with Crippen LogP contribution in [0, 0.1) is 6.92 Å². The number of methoxy groups -OCH3 is 1. The van der Waals surface area contributed by atoms with Crippen molar-refractivity contribution >= 4 is 23.5 Å². The van der Waals surface area contributed by atoms with Gasteiger partial charge in [-0.25, -0.2) is 4.68 Å². The van der Waals surface area contributed by atoms with Crippen LogP contribution in [0.2, 0.25) is 0 Å². The summed E-state index contributed by atoms with van der Waals surface area (Å²) in [4.78, 5) is 12.8. The van der Waals surface area contributed by atoms with Gasteiger partial charge in [-0.05, 0) is 48.9 Å². The molecule has 0 saturated heterocycles. The van der Waals surface area contributed by atoms with E-state index in [9.17, 15) is 4.79 Å². The van der Waals surface area contributed by atoms with Crippen molar-refractivity contribution in [3.8, 4) is 11.4 Å². The zero-order valence-corrected chi connectivity index (χ0v) is 15.5. The Balaban J connectivity index is 1.70. The maximum Gasteiger partial charge on any atom is 0.256 e. The molecule has 0 fully saturated rings. The number of ether oxygens (including phenoxy) is 1. The lowest BCUT2D eigenvalue weighted by Gasteiger charge is -2.12. The number of carbonyl (C=O) groups is 1. The predicted molar refractivity (Wildman–Crippen MR) is 104 cm³/mol. The van der Waals surface area contributed by atoms with Gasteiger partial charge < -0.3 is 10.1 Å². The number of amides is 1. The average Bonchev–Trinajstić information content (AvgIpc) is 3.24. The fourth-order valence-electron chi connectivity index (χ4n) is 3.01. The van der Waals surface area contributed by atoms with Crippen molar-refractivity contribution in [3.05, 3.63) is 70.9 Å². The molecule has 1 amide bonds. The lowest BCUT2D eigenvalue weighted by Crippen LogP contribution is -2.16. The minimum Gasteiger partial charge on any atom is -0.497 e. The molecule has 6 heteroatoms. The molecule has 0 saturated carbocycles. The molecule has 0 spiro atoms. The van der Waals surface area contributed by atoms with E-state index in [1.807, 2.05) is 41.6 Å². The molecule has 1 aromatic heterocycles. The van der Waals surface area contributed by atoms with Gasteiger partial charge in [-0.15, -0.1) is 0 Å². The third-order valence-corrected chi connectivity index (χ3v) is 5.35. The monoisotopic (exact) mass is 365 g/mol. The van der Waals surface area contributed by atoms with E-state index in [4.69, 9.17) is 9.84 Å². The molecule has 1 aliphatic rings. The number of thioether (sulfide) groups is 1. The molecule has 132 valence electrons. The average molecular weight is 365 g/mol. The summed E-state index contributed by atoms with van der Waals surface area (Å²) in [5, 5.41) is 7.81. The number of carbonyl (C=O) groups excluding carboxylic acids is 1. The topological polar surface area (TPSA) is 56.1 Å². The number of fused-ring (bicyclic) bond motifs is 1. The van der Waals surface area contributed by atoms with Crippen molar-refractivity contribution in [2.75, 3.05) is 12.4 Å². The van der Waals surface area contributed by atoms with E-state index in [0.717, 1.165) is 45.6 Å². The SMILES string of the molecule is COc1ccc(C(=O)Nc2c3c(nn2-c2cccc(C)c2)CSC3)cc1. The summed E-state index contributed by atoms with van der Waals surface area (Å²) in [6.45, 7) is 2.05. The molecule has 2 aromatic carbocycles. The van der Waals surface area contributed by atoms with E-state index in [0.29, 0.717) is 5.56 Å². The summed E-state index contributed by atoms with van der Waals surface area (Å²) in [7, 11) is 1.61. The quantitative estimate of drug-likeness (QED) is 0.753. The Kier molecular flexibility index (Phi) is 4.42. The molecule has 3 aromatic rings. The minimum atomic E-state index is -0.152. The molecule has 2 heterocycles. The zero-order chi connectivity index (χ0) is 18.1. The second-order valence-corrected chi connectivity index (χ2v) is 7.19. The lowest BCUT2D eigenvalue weighted by molar-refractivity contribution is 0.102. The maximum absolute atomic E-state index is 12.8. The first kappa shape index (κ1) is 16.7. The van der Waals surface area contributed by atoms with E-state index >= 15 is 0 Å². The van der Waals surface area contributed by atoms with Crippen molar-refractivity contribution in [2.45, 2.75) is 18.4 Å². The number of aryl methyl sites for hydroxylation is 1. The van der Waals surface area contributed by atoms with Gasteiger partial charge in [0.15, 0.2) is 0 Å². The number of nitrogens with one attached hydrogen (secondary N) is 1. The Hall–Kier alpha value is -2.73. The minimum absolute atomic E-state index is 0.152. The van der Waals surface area contributed by atoms with Crippen LogP contribution in [0.5, 0.6) is 5.75 Å². The fourth-order valence-corrected chi connectivity index (χ4v) is 4.04. The van der Waals surface area contributed by atoms with Crippen LogP contribution in [0.1, 0.15) is 27.2 Å². The van der Waals surface area contributed by atoms with E-state index in [2.05, 4.69) is 11.4 Å². The molecule has 0 atom stereocenters. The van der Waals surface area contributed by atoms with Crippen molar-refractivity contribution in [1.82, 2.24) is 9.78 Å². The van der Waals surface area contributed by atoms with Crippen LogP contribution in [0.25, 0.3) is 5.69 Å². The van der Waals surface area contributed by atoms with E-state index in [1.165, 1.54) is 0 Å². The van der Waals surface area contributed by atoms with Crippen LogP contribution in [0.15, 0.2) is 48.5 Å². The summed E-state index contributed by atoms with van der Waals surface area (Å²) in [6, 6.07) is 15.2. The zero-order valence-electron chi connectivity index (χ0n) is 14.7. The van der Waals surface area contributed by atoms with Gasteiger partial charge >= 0.3 is 0 Å². The molecular formula is C20H19N3O2S. The first-order valence-electron chi connectivity index (χ1n) is 8.36. The molecule has 26 heavy (non-hydrogen) atoms. The van der Waals surface area contributed by atoms with Crippen LogP contribution in [-0.4, -0.2) is 22.8 Å². The van der Waals surface area contributed by atoms with Crippen molar-refractivity contribution in [3.63, 3.8) is 0 Å². The number of benzene rings is 2. The maximum atomic E-state index is 12.8. The summed E-state index contributed by atoms with van der Waals surface area (Å²) in [6.07, 6.45) is 0. The second kappa shape index (κ2) is 6.88. The van der Waals surface area contributed by atoms with Crippen LogP contribution >= 0.6 is 11.8 Å². The normalized spacial score (nSPS) is 12.7. The van der Waals surface area contributed by atoms with Crippen molar-refractivity contribution in [1.29, 1.82) is 0 Å². The molecule has 0 aliphatic carbocycles. The molecule has 5 nitrogen and oxygen atoms in total. The molecule has 1 N–H and O–H groups in total. The van der Waals surface area contributed by atoms with Gasteiger partial charge in [0.2, 0.25) is 0 Å². The van der Waals surface area contributed by atoms with Gasteiger partial charge in [-0.2, -0.15) is 16.9 Å². The van der Waals surface area contributed by atoms with Crippen LogP contribution in [0.3, 0.4) is 0 Å². The van der Waals surface area contributed by atoms with Gasteiger partial charge in [0.1, 0.15) is 11.6 Å². The molecule has 1 aliphatic heterocycles. The lowest BCUT2D eigenvalue weighted by atomic mass is 10.2. The Labute approximate surface area is 156 Å². The predicted octanol–water partition coefficient (Wildman–Crippen LogP) is 4.19. The Morgan fingerprint density at radius 1 is 1.19 bits per heavy atom. The third-order valence-electron chi connectivity index (χ3n) is 4.38. The highest BCUT2D eigenvalue weighted by molar-refractivity contribution is 7.98. The highest BCUT2D eigenvalue weighted by Gasteiger charge is 2.25. The highest BCUT2D eigenvalue weighted by Crippen LogP contribution is 2.36. The number of anilines is 1. The second-order valence-electron chi connectivity index (χ2n) is 6.20. The van der Waals surface area contributed by atoms with Crippen molar-refractivity contribution in [2.24, 2.45) is 0 Å². The number of rotatable bonds is 4. The number of nitrogens with zero attached hydrogens (tertiary/aromatic N) is 2. The first-order chi connectivity index (χ1) is 12.7. The largest absolute Gasteiger partial charge is 0.497 e. The van der Waals surface area contributed by atoms with Gasteiger partial charge in [0.05, 0.1) is 18.5 Å². The van der Waals surface area contributed by atoms with E-state index in [1.54, 1.807) is 31.4 Å². The summed E-state index contributed by atoms with van der Waals surface area (Å²) in [5.74, 6) is 3.07. The Bertz CT molecular complexity index is 964. The first-order valence-corrected chi connectivity index (χ1v) is 9.52. The van der Waals surface area contributed by atoms with Crippen LogP contribution in [-0.2, 0) is 11.5 Å². The highest BCUT2D eigenvalue weighted by atomic mass is 32.2. The van der Waals surface area contributed by atoms with Gasteiger partial charge in [-0.1, -0.05) is 12.1 Å². The summed E-state index contributed by atoms with van der Waals surface area (Å²) in [5.41, 5.74) is 4.84. The molecular weight excluding hydrogens is 346 g/mol. The molecule has 0 unspecified atom stereocenters. The van der Waals surface area contributed by atoms with Crippen LogP contribution < -0.4 is 10.1 Å². The van der Waals surface area contributed by atoms with E-state index < -0.39 is 0 Å². The molecule has 0 radical (unpaired) electrons.